The van der Waals surface area contributed by atoms with Gasteiger partial charge in [-0.3, -0.25) is 4.90 Å². The zero-order valence-corrected chi connectivity index (χ0v) is 17.9. The van der Waals surface area contributed by atoms with Crippen LogP contribution in [-0.2, 0) is 0 Å². The molecule has 30 heavy (non-hydrogen) atoms. The van der Waals surface area contributed by atoms with Gasteiger partial charge in [0.15, 0.2) is 5.65 Å². The van der Waals surface area contributed by atoms with Gasteiger partial charge in [0.25, 0.3) is 5.82 Å². The third kappa shape index (κ3) is 3.37. The highest BCUT2D eigenvalue weighted by Gasteiger charge is 2.26. The molecule has 0 bridgehead atoms. The maximum absolute atomic E-state index is 6.09. The molecule has 0 radical (unpaired) electrons. The fourth-order valence-electron chi connectivity index (χ4n) is 4.16. The number of hydrogen-bond acceptors (Lipinski definition) is 4. The van der Waals surface area contributed by atoms with E-state index in [-0.39, 0.29) is 0 Å². The van der Waals surface area contributed by atoms with Crippen molar-refractivity contribution in [2.75, 3.05) is 36.0 Å². The number of halogens is 1. The number of hydrogen-bond donors (Lipinski definition) is 0. The van der Waals surface area contributed by atoms with E-state index in [1.807, 2.05) is 54.9 Å². The zero-order valence-electron chi connectivity index (χ0n) is 17.1. The Bertz CT molecular complexity index is 1180. The van der Waals surface area contributed by atoms with Gasteiger partial charge in [0, 0.05) is 28.4 Å². The molecular weight excluding hydrogens is 396 g/mol. The van der Waals surface area contributed by atoms with E-state index in [0.717, 1.165) is 71.0 Å². The highest BCUT2D eigenvalue weighted by molar-refractivity contribution is 6.30. The van der Waals surface area contributed by atoms with E-state index in [1.165, 1.54) is 0 Å². The molecule has 6 nitrogen and oxygen atoms in total. The molecule has 0 amide bonds. The van der Waals surface area contributed by atoms with Gasteiger partial charge < -0.3 is 4.90 Å². The largest absolute Gasteiger partial charge is 0.349 e. The Labute approximate surface area is 180 Å². The van der Waals surface area contributed by atoms with Crippen molar-refractivity contribution in [3.63, 3.8) is 0 Å². The Balaban J connectivity index is 1.50. The highest BCUT2D eigenvalue weighted by atomic mass is 35.5. The summed E-state index contributed by atoms with van der Waals surface area (Å²) < 4.78 is 2.00. The first kappa shape index (κ1) is 18.9. The van der Waals surface area contributed by atoms with Gasteiger partial charge in [0.05, 0.1) is 25.0 Å². The third-order valence-electron chi connectivity index (χ3n) is 5.64. The van der Waals surface area contributed by atoms with Gasteiger partial charge in [-0.2, -0.15) is 9.61 Å². The summed E-state index contributed by atoms with van der Waals surface area (Å²) in [5.41, 5.74) is 5.00. The van der Waals surface area contributed by atoms with Gasteiger partial charge in [0.2, 0.25) is 0 Å². The second-order valence-corrected chi connectivity index (χ2v) is 8.12. The number of nitrogens with zero attached hydrogens (tertiary/aromatic N) is 5. The molecule has 4 heterocycles. The molecule has 1 fully saturated rings. The number of nitrogens with one attached hydrogen (secondary N) is 1. The number of anilines is 2. The van der Waals surface area contributed by atoms with Gasteiger partial charge in [-0.15, -0.1) is 0 Å². The predicted molar refractivity (Wildman–Crippen MR) is 120 cm³/mol. The lowest BCUT2D eigenvalue weighted by Gasteiger charge is -2.32. The first-order valence-electron chi connectivity index (χ1n) is 10.2. The molecule has 4 aromatic rings. The molecule has 0 saturated carbocycles. The number of aromatic amines is 1. The summed E-state index contributed by atoms with van der Waals surface area (Å²) in [4.78, 5) is 13.0. The van der Waals surface area contributed by atoms with E-state index < -0.39 is 0 Å². The van der Waals surface area contributed by atoms with Crippen molar-refractivity contribution in [3.05, 3.63) is 71.1 Å². The average Bonchev–Trinajstić information content (AvgIpc) is 3.10. The number of piperazine rings is 1. The number of fused-ring (bicyclic) bond motifs is 1. The Morgan fingerprint density at radius 2 is 1.67 bits per heavy atom. The Morgan fingerprint density at radius 3 is 2.37 bits per heavy atom. The molecule has 1 aliphatic heterocycles. The van der Waals surface area contributed by atoms with E-state index >= 15 is 0 Å². The topological polar surface area (TPSA) is 50.8 Å². The number of aryl methyl sites for hydroxylation is 2. The third-order valence-corrected chi connectivity index (χ3v) is 5.90. The number of H-pyrrole nitrogens is 1. The number of rotatable bonds is 3. The molecule has 1 aliphatic rings. The maximum atomic E-state index is 6.09. The van der Waals surface area contributed by atoms with Crippen molar-refractivity contribution >= 4 is 28.9 Å². The van der Waals surface area contributed by atoms with Crippen LogP contribution < -0.4 is 14.8 Å². The molecule has 0 aliphatic carbocycles. The van der Waals surface area contributed by atoms with E-state index in [9.17, 15) is 0 Å². The molecule has 1 N–H and O–H groups in total. The van der Waals surface area contributed by atoms with Crippen LogP contribution in [0.4, 0.5) is 11.6 Å². The van der Waals surface area contributed by atoms with Crippen molar-refractivity contribution in [3.8, 4) is 11.1 Å². The standard InChI is InChI=1S/C23H23ClN6/c1-16-15-21(29-13-11-28(12-14-29)20-5-3-4-10-25-20)30-23(26-16)22(17(2)27-30)18-6-8-19(24)9-7-18/h3-10,15H,11-14H2,1-2H3/p+1. The quantitative estimate of drug-likeness (QED) is 0.506. The molecule has 7 heteroatoms. The van der Waals surface area contributed by atoms with Crippen molar-refractivity contribution < 1.29 is 4.98 Å². The summed E-state index contributed by atoms with van der Waals surface area (Å²) >= 11 is 6.09. The minimum Gasteiger partial charge on any atom is -0.349 e. The van der Waals surface area contributed by atoms with Crippen molar-refractivity contribution in [1.82, 2.24) is 14.6 Å². The molecule has 0 unspecified atom stereocenters. The fourth-order valence-corrected chi connectivity index (χ4v) is 4.29. The minimum absolute atomic E-state index is 0.728. The molecule has 1 aromatic carbocycles. The van der Waals surface area contributed by atoms with Gasteiger partial charge in [-0.1, -0.05) is 29.8 Å². The van der Waals surface area contributed by atoms with Gasteiger partial charge in [0.1, 0.15) is 18.9 Å². The lowest BCUT2D eigenvalue weighted by molar-refractivity contribution is -0.364. The summed E-state index contributed by atoms with van der Waals surface area (Å²) in [6.45, 7) is 7.85. The van der Waals surface area contributed by atoms with Gasteiger partial charge in [-0.25, -0.2) is 9.97 Å². The van der Waals surface area contributed by atoms with Crippen LogP contribution in [0.2, 0.25) is 5.02 Å². The zero-order chi connectivity index (χ0) is 20.7. The summed E-state index contributed by atoms with van der Waals surface area (Å²) in [5.74, 6) is 2.26. The molecule has 0 atom stereocenters. The monoisotopic (exact) mass is 419 g/mol. The van der Waals surface area contributed by atoms with E-state index in [2.05, 4.69) is 33.0 Å². The first-order valence-corrected chi connectivity index (χ1v) is 10.6. The summed E-state index contributed by atoms with van der Waals surface area (Å²) in [7, 11) is 0. The van der Waals surface area contributed by atoms with Crippen LogP contribution >= 0.6 is 11.6 Å². The minimum atomic E-state index is 0.728. The SMILES string of the molecule is Cc1cc(N2CCN(c3cccc[nH+]3)CC2)n2nc(C)c(-c3ccc(Cl)cc3)c2n1. The normalized spacial score (nSPS) is 14.5. The van der Waals surface area contributed by atoms with Gasteiger partial charge in [-0.05, 0) is 37.6 Å². The second-order valence-electron chi connectivity index (χ2n) is 7.68. The first-order chi connectivity index (χ1) is 14.6. The molecule has 0 spiro atoms. The van der Waals surface area contributed by atoms with Crippen LogP contribution in [0.1, 0.15) is 11.4 Å². The van der Waals surface area contributed by atoms with Crippen LogP contribution in [0.3, 0.4) is 0 Å². The number of pyridine rings is 1. The van der Waals surface area contributed by atoms with E-state index in [4.69, 9.17) is 21.7 Å². The van der Waals surface area contributed by atoms with E-state index in [0.29, 0.717) is 0 Å². The molecule has 1 saturated heterocycles. The second kappa shape index (κ2) is 7.61. The predicted octanol–water partition coefficient (Wildman–Crippen LogP) is 3.81. The summed E-state index contributed by atoms with van der Waals surface area (Å²) in [6.07, 6.45) is 1.97. The average molecular weight is 420 g/mol. The summed E-state index contributed by atoms with van der Waals surface area (Å²) in [5, 5.41) is 5.59. The fraction of sp³-hybridized carbons (Fsp3) is 0.261. The molecular formula is C23H24ClN6+. The molecule has 3 aromatic heterocycles. The van der Waals surface area contributed by atoms with Crippen LogP contribution in [0.25, 0.3) is 16.8 Å². The van der Waals surface area contributed by atoms with Gasteiger partial charge >= 0.3 is 0 Å². The number of aromatic nitrogens is 4. The molecule has 5 rings (SSSR count). The molecule has 152 valence electrons. The van der Waals surface area contributed by atoms with Crippen LogP contribution in [0, 0.1) is 13.8 Å². The lowest BCUT2D eigenvalue weighted by Crippen LogP contribution is -2.48. The highest BCUT2D eigenvalue weighted by Crippen LogP contribution is 2.31. The lowest BCUT2D eigenvalue weighted by atomic mass is 10.1. The van der Waals surface area contributed by atoms with E-state index in [1.54, 1.807) is 0 Å². The Hall–Kier alpha value is -3.12. The Morgan fingerprint density at radius 1 is 0.933 bits per heavy atom. The van der Waals surface area contributed by atoms with Crippen molar-refractivity contribution in [2.24, 2.45) is 0 Å². The van der Waals surface area contributed by atoms with Crippen molar-refractivity contribution in [1.29, 1.82) is 0 Å². The Kier molecular flexibility index (Phi) is 4.79. The maximum Gasteiger partial charge on any atom is 0.274 e. The van der Waals surface area contributed by atoms with Crippen LogP contribution in [0.15, 0.2) is 54.7 Å². The summed E-state index contributed by atoms with van der Waals surface area (Å²) in [6, 6.07) is 16.2. The number of benzene rings is 1. The van der Waals surface area contributed by atoms with Crippen molar-refractivity contribution in [2.45, 2.75) is 13.8 Å². The smallest absolute Gasteiger partial charge is 0.274 e. The van der Waals surface area contributed by atoms with Crippen LogP contribution in [0.5, 0.6) is 0 Å². The van der Waals surface area contributed by atoms with Crippen LogP contribution in [-0.4, -0.2) is 40.8 Å².